The van der Waals surface area contributed by atoms with Crippen molar-refractivity contribution in [2.75, 3.05) is 26.6 Å². The van der Waals surface area contributed by atoms with Crippen LogP contribution < -0.4 is 10.1 Å². The first-order valence-electron chi connectivity index (χ1n) is 9.08. The molecular formula is C21H26N2O5. The van der Waals surface area contributed by atoms with E-state index in [-0.39, 0.29) is 11.9 Å². The molecule has 2 aliphatic rings. The Morgan fingerprint density at radius 2 is 2.00 bits per heavy atom. The number of hydrogen-bond acceptors (Lipinski definition) is 5. The van der Waals surface area contributed by atoms with Crippen LogP contribution in [0.5, 0.6) is 5.75 Å². The van der Waals surface area contributed by atoms with Gasteiger partial charge in [-0.15, -0.1) is 0 Å². The van der Waals surface area contributed by atoms with E-state index in [0.29, 0.717) is 17.2 Å². The van der Waals surface area contributed by atoms with Gasteiger partial charge in [0.2, 0.25) is 5.79 Å². The normalized spacial score (nSPS) is 23.5. The lowest BCUT2D eigenvalue weighted by atomic mass is 9.91. The van der Waals surface area contributed by atoms with E-state index in [1.165, 1.54) is 14.2 Å². The zero-order chi connectivity index (χ0) is 20.3. The fraction of sp³-hybridized carbons (Fsp3) is 0.381. The quantitative estimate of drug-likeness (QED) is 0.768. The number of urea groups is 1. The number of ether oxygens (including phenoxy) is 3. The number of carbonyl (C=O) groups excluding carboxylic acids is 1. The smallest absolute Gasteiger partial charge is 0.345 e. The van der Waals surface area contributed by atoms with Crippen LogP contribution in [0.3, 0.4) is 0 Å². The van der Waals surface area contributed by atoms with Gasteiger partial charge < -0.3 is 19.5 Å². The third-order valence-corrected chi connectivity index (χ3v) is 5.01. The van der Waals surface area contributed by atoms with Crippen LogP contribution in [0, 0.1) is 5.92 Å². The molecule has 2 atom stereocenters. The van der Waals surface area contributed by atoms with Crippen molar-refractivity contribution in [2.45, 2.75) is 26.1 Å². The van der Waals surface area contributed by atoms with Gasteiger partial charge in [-0.05, 0) is 42.3 Å². The second-order valence-electron chi connectivity index (χ2n) is 6.86. The first kappa shape index (κ1) is 20.0. The highest BCUT2D eigenvalue weighted by Gasteiger charge is 2.38. The Morgan fingerprint density at radius 1 is 1.29 bits per heavy atom. The van der Waals surface area contributed by atoms with Crippen molar-refractivity contribution in [2.24, 2.45) is 5.92 Å². The van der Waals surface area contributed by atoms with E-state index in [1.54, 1.807) is 31.4 Å². The highest BCUT2D eigenvalue weighted by molar-refractivity contribution is 5.88. The van der Waals surface area contributed by atoms with Gasteiger partial charge in [0, 0.05) is 38.8 Å². The van der Waals surface area contributed by atoms with Crippen LogP contribution >= 0.6 is 0 Å². The summed E-state index contributed by atoms with van der Waals surface area (Å²) < 4.78 is 17.6. The number of benzene rings is 1. The fourth-order valence-electron chi connectivity index (χ4n) is 2.93. The summed E-state index contributed by atoms with van der Waals surface area (Å²) in [5, 5.41) is 3.82. The lowest BCUT2D eigenvalue weighted by Gasteiger charge is -2.39. The molecule has 1 aromatic carbocycles. The highest BCUT2D eigenvalue weighted by atomic mass is 16.7. The Bertz CT molecular complexity index is 828. The molecule has 2 unspecified atom stereocenters. The molecule has 150 valence electrons. The van der Waals surface area contributed by atoms with E-state index >= 15 is 0 Å². The highest BCUT2D eigenvalue weighted by Crippen LogP contribution is 2.39. The van der Waals surface area contributed by atoms with Gasteiger partial charge in [-0.3, -0.25) is 4.84 Å². The molecule has 0 bridgehead atoms. The van der Waals surface area contributed by atoms with Crippen LogP contribution in [0.25, 0.3) is 0 Å². The number of amides is 2. The van der Waals surface area contributed by atoms with E-state index in [4.69, 9.17) is 19.0 Å². The predicted octanol–water partition coefficient (Wildman–Crippen LogP) is 4.22. The molecule has 0 spiro atoms. The Balaban J connectivity index is 1.67. The maximum absolute atomic E-state index is 11.8. The molecule has 1 aromatic rings. The number of fused-ring (bicyclic) bond motifs is 1. The van der Waals surface area contributed by atoms with E-state index in [9.17, 15) is 4.79 Å². The summed E-state index contributed by atoms with van der Waals surface area (Å²) in [5.74, 6) is 1.60. The molecule has 0 aromatic heterocycles. The molecule has 2 amide bonds. The minimum atomic E-state index is -0.687. The first-order valence-corrected chi connectivity index (χ1v) is 9.08. The standard InChI is InChI=1S/C21H26N2O5/c1-14-12-15-6-9-18(13-19(15)28-21(14,2)25-4)27-17-10-7-16(8-11-17)22-20(24)23(3)26-5/h7-14H,6H2,1-5H3,(H,22,24). The average Bonchev–Trinajstić information content (AvgIpc) is 2.69. The van der Waals surface area contributed by atoms with E-state index in [2.05, 4.69) is 18.3 Å². The number of methoxy groups -OCH3 is 1. The number of nitrogens with zero attached hydrogens (tertiary/aromatic N) is 1. The second-order valence-corrected chi connectivity index (χ2v) is 6.86. The molecule has 7 nitrogen and oxygen atoms in total. The summed E-state index contributed by atoms with van der Waals surface area (Å²) in [6.07, 6.45) is 6.81. The van der Waals surface area contributed by atoms with E-state index in [0.717, 1.165) is 22.8 Å². The predicted molar refractivity (Wildman–Crippen MR) is 105 cm³/mol. The molecule has 3 rings (SSSR count). The van der Waals surface area contributed by atoms with E-state index < -0.39 is 5.79 Å². The number of carbonyl (C=O) groups is 1. The molecule has 0 fully saturated rings. The maximum atomic E-state index is 11.8. The van der Waals surface area contributed by atoms with Crippen LogP contribution in [0.4, 0.5) is 10.5 Å². The van der Waals surface area contributed by atoms with Gasteiger partial charge in [0.25, 0.3) is 0 Å². The number of hydrogen-bond donors (Lipinski definition) is 1. The van der Waals surface area contributed by atoms with Crippen LogP contribution in [-0.4, -0.2) is 38.1 Å². The first-order chi connectivity index (χ1) is 13.3. The number of nitrogens with one attached hydrogen (secondary N) is 1. The fourth-order valence-corrected chi connectivity index (χ4v) is 2.93. The molecule has 0 saturated heterocycles. The Kier molecular flexibility index (Phi) is 5.76. The lowest BCUT2D eigenvalue weighted by molar-refractivity contribution is -0.210. The van der Waals surface area contributed by atoms with Gasteiger partial charge in [0.15, 0.2) is 0 Å². The van der Waals surface area contributed by atoms with Crippen molar-refractivity contribution in [3.63, 3.8) is 0 Å². The summed E-state index contributed by atoms with van der Waals surface area (Å²) >= 11 is 0. The van der Waals surface area contributed by atoms with Crippen molar-refractivity contribution >= 4 is 11.7 Å². The Labute approximate surface area is 165 Å². The van der Waals surface area contributed by atoms with Crippen molar-refractivity contribution in [1.29, 1.82) is 0 Å². The molecule has 1 aliphatic heterocycles. The third-order valence-electron chi connectivity index (χ3n) is 5.01. The van der Waals surface area contributed by atoms with Crippen LogP contribution in [0.2, 0.25) is 0 Å². The summed E-state index contributed by atoms with van der Waals surface area (Å²) in [6, 6.07) is 6.74. The number of allylic oxidation sites excluding steroid dienone is 3. The van der Waals surface area contributed by atoms with Crippen LogP contribution in [-0.2, 0) is 14.3 Å². The number of anilines is 1. The topological polar surface area (TPSA) is 69.3 Å². The van der Waals surface area contributed by atoms with Gasteiger partial charge in [-0.25, -0.2) is 9.86 Å². The molecule has 1 N–H and O–H groups in total. The second kappa shape index (κ2) is 8.08. The minimum Gasteiger partial charge on any atom is -0.462 e. The molecule has 7 heteroatoms. The summed E-state index contributed by atoms with van der Waals surface area (Å²) in [6.45, 7) is 4.01. The van der Waals surface area contributed by atoms with Crippen LogP contribution in [0.15, 0.2) is 59.6 Å². The lowest BCUT2D eigenvalue weighted by Crippen LogP contribution is -2.40. The monoisotopic (exact) mass is 386 g/mol. The Morgan fingerprint density at radius 3 is 2.64 bits per heavy atom. The van der Waals surface area contributed by atoms with Gasteiger partial charge in [-0.1, -0.05) is 13.0 Å². The maximum Gasteiger partial charge on any atom is 0.345 e. The molecule has 0 saturated carbocycles. The summed E-state index contributed by atoms with van der Waals surface area (Å²) in [5.41, 5.74) is 1.78. The molecule has 1 heterocycles. The molecule has 0 radical (unpaired) electrons. The van der Waals surface area contributed by atoms with Gasteiger partial charge in [0.05, 0.1) is 7.11 Å². The van der Waals surface area contributed by atoms with Gasteiger partial charge in [-0.2, -0.15) is 0 Å². The molecule has 1 aliphatic carbocycles. The zero-order valence-corrected chi connectivity index (χ0v) is 16.8. The molecular weight excluding hydrogens is 360 g/mol. The van der Waals surface area contributed by atoms with Gasteiger partial charge in [0.1, 0.15) is 17.3 Å². The molecule has 28 heavy (non-hydrogen) atoms. The number of rotatable bonds is 5. The number of hydroxylamine groups is 2. The third kappa shape index (κ3) is 4.21. The van der Waals surface area contributed by atoms with Crippen molar-refractivity contribution < 1.29 is 23.8 Å². The largest absolute Gasteiger partial charge is 0.462 e. The van der Waals surface area contributed by atoms with Crippen molar-refractivity contribution in [3.8, 4) is 5.75 Å². The van der Waals surface area contributed by atoms with Crippen molar-refractivity contribution in [1.82, 2.24) is 5.06 Å². The van der Waals surface area contributed by atoms with Crippen molar-refractivity contribution in [3.05, 3.63) is 59.6 Å². The zero-order valence-electron chi connectivity index (χ0n) is 16.8. The summed E-state index contributed by atoms with van der Waals surface area (Å²) in [4.78, 5) is 16.6. The average molecular weight is 386 g/mol. The minimum absolute atomic E-state index is 0.153. The van der Waals surface area contributed by atoms with E-state index in [1.807, 2.05) is 19.1 Å². The summed E-state index contributed by atoms with van der Waals surface area (Å²) in [7, 11) is 4.60. The Hall–Kier alpha value is -2.77. The SMILES string of the molecule is CON(C)C(=O)Nc1ccc(OC2=CCC3=CC(C)C(C)(OC)OC3=C2)cc1. The van der Waals surface area contributed by atoms with Gasteiger partial charge >= 0.3 is 6.03 Å². The van der Waals surface area contributed by atoms with Crippen LogP contribution in [0.1, 0.15) is 20.3 Å².